The average Bonchev–Trinajstić information content (AvgIpc) is 1.83. The number of hydrogen-bond acceptors (Lipinski definition) is 3. The Kier molecular flexibility index (Phi) is 2.77. The van der Waals surface area contributed by atoms with Gasteiger partial charge in [-0.2, -0.15) is 0 Å². The molecule has 0 unspecified atom stereocenters. The van der Waals surface area contributed by atoms with Crippen molar-refractivity contribution in [3.05, 3.63) is 11.8 Å². The molecule has 3 nitrogen and oxygen atoms in total. The Morgan fingerprint density at radius 1 is 1.70 bits per heavy atom. The molecular weight excluding hydrogens is 148 g/mol. The molecule has 56 valence electrons. The van der Waals surface area contributed by atoms with E-state index in [0.29, 0.717) is 0 Å². The number of hydrogen-bond donors (Lipinski definition) is 2. The van der Waals surface area contributed by atoms with Crippen molar-refractivity contribution < 1.29 is 4.79 Å². The Bertz CT molecular complexity index is 167. The largest absolute Gasteiger partial charge is 0.320 e. The molecule has 1 rings (SSSR count). The van der Waals surface area contributed by atoms with E-state index >= 15 is 0 Å². The second-order valence-electron chi connectivity index (χ2n) is 2.08. The van der Waals surface area contributed by atoms with Crippen LogP contribution in [0.2, 0.25) is 0 Å². The molecule has 4 heteroatoms. The quantitative estimate of drug-likeness (QED) is 0.521. The predicted octanol–water partition coefficient (Wildman–Crippen LogP) is 1.24. The molecule has 0 atom stereocenters. The van der Waals surface area contributed by atoms with Crippen molar-refractivity contribution in [2.45, 2.75) is 13.3 Å². The van der Waals surface area contributed by atoms with E-state index in [-0.39, 0.29) is 5.24 Å². The molecule has 1 heterocycles. The van der Waals surface area contributed by atoms with Crippen LogP contribution in [0.15, 0.2) is 11.8 Å². The minimum Gasteiger partial charge on any atom is -0.320 e. The van der Waals surface area contributed by atoms with Crippen molar-refractivity contribution >= 4 is 17.2 Å². The zero-order valence-corrected chi connectivity index (χ0v) is 6.62. The number of rotatable bonds is 0. The van der Waals surface area contributed by atoms with E-state index in [4.69, 9.17) is 0 Å². The molecule has 0 aromatic rings. The molecule has 0 aliphatic carbocycles. The van der Waals surface area contributed by atoms with Crippen molar-refractivity contribution in [3.63, 3.8) is 0 Å². The molecule has 0 aromatic carbocycles. The minimum absolute atomic E-state index is 0.0338. The summed E-state index contributed by atoms with van der Waals surface area (Å²) in [5, 5.41) is 2.67. The van der Waals surface area contributed by atoms with Gasteiger partial charge in [0.25, 0.3) is 5.24 Å². The van der Waals surface area contributed by atoms with Crippen molar-refractivity contribution in [2.75, 3.05) is 6.54 Å². The van der Waals surface area contributed by atoms with Gasteiger partial charge in [0.15, 0.2) is 0 Å². The monoisotopic (exact) mass is 158 g/mol. The molecule has 0 saturated heterocycles. The second-order valence-corrected chi connectivity index (χ2v) is 2.95. The number of amides is 1. The lowest BCUT2D eigenvalue weighted by Crippen LogP contribution is -2.23. The summed E-state index contributed by atoms with van der Waals surface area (Å²) in [7, 11) is 0. The number of allylic oxidation sites excluding steroid dienone is 1. The summed E-state index contributed by atoms with van der Waals surface area (Å²) in [6, 6.07) is 0. The molecule has 1 aliphatic heterocycles. The summed E-state index contributed by atoms with van der Waals surface area (Å²) >= 11 is 1.12. The lowest BCUT2D eigenvalue weighted by atomic mass is 10.3. The predicted molar refractivity (Wildman–Crippen MR) is 42.5 cm³/mol. The molecular formula is C6H10N2OS. The first-order chi connectivity index (χ1) is 4.79. The average molecular weight is 158 g/mol. The highest BCUT2D eigenvalue weighted by Crippen LogP contribution is 2.02. The van der Waals surface area contributed by atoms with Gasteiger partial charge in [0.05, 0.1) is 0 Å². The van der Waals surface area contributed by atoms with Gasteiger partial charge in [-0.05, 0) is 13.3 Å². The van der Waals surface area contributed by atoms with Crippen LogP contribution in [-0.4, -0.2) is 11.8 Å². The number of carbonyl (C=O) groups excluding carboxylic acids is 1. The van der Waals surface area contributed by atoms with E-state index < -0.39 is 0 Å². The van der Waals surface area contributed by atoms with Gasteiger partial charge >= 0.3 is 0 Å². The van der Waals surface area contributed by atoms with E-state index in [1.807, 2.05) is 13.0 Å². The lowest BCUT2D eigenvalue weighted by Gasteiger charge is -2.08. The first-order valence-electron chi connectivity index (χ1n) is 3.16. The first-order valence-corrected chi connectivity index (χ1v) is 3.98. The topological polar surface area (TPSA) is 41.1 Å². The maximum atomic E-state index is 10.8. The summed E-state index contributed by atoms with van der Waals surface area (Å²) in [5.41, 5.74) is 0.944. The number of carbonyl (C=O) groups is 1. The number of nitrogens with one attached hydrogen (secondary N) is 2. The summed E-state index contributed by atoms with van der Waals surface area (Å²) in [5.74, 6) is 0. The zero-order valence-electron chi connectivity index (χ0n) is 5.81. The smallest absolute Gasteiger partial charge is 0.298 e. The fraction of sp³-hybridized carbons (Fsp3) is 0.500. The third kappa shape index (κ3) is 2.41. The maximum absolute atomic E-state index is 10.8. The molecule has 10 heavy (non-hydrogen) atoms. The Labute approximate surface area is 64.4 Å². The van der Waals surface area contributed by atoms with Gasteiger partial charge in [-0.25, -0.2) is 0 Å². The van der Waals surface area contributed by atoms with Gasteiger partial charge in [0, 0.05) is 24.2 Å². The van der Waals surface area contributed by atoms with E-state index in [2.05, 4.69) is 10.0 Å². The summed E-state index contributed by atoms with van der Waals surface area (Å²) in [6.07, 6.45) is 2.98. The molecule has 1 amide bonds. The van der Waals surface area contributed by atoms with E-state index in [9.17, 15) is 4.79 Å². The third-order valence-corrected chi connectivity index (χ3v) is 1.80. The van der Waals surface area contributed by atoms with Crippen LogP contribution in [0.4, 0.5) is 4.79 Å². The standard InChI is InChI=1S/C6H10N2OS/c1-5-3-2-4-7-10-6(9)8-5/h3,7H,2,4H2,1H3,(H,8,9). The van der Waals surface area contributed by atoms with Crippen LogP contribution in [-0.2, 0) is 0 Å². The molecule has 1 aliphatic rings. The molecule has 0 bridgehead atoms. The van der Waals surface area contributed by atoms with Crippen molar-refractivity contribution in [2.24, 2.45) is 0 Å². The molecule has 0 saturated carbocycles. The van der Waals surface area contributed by atoms with E-state index in [1.165, 1.54) is 0 Å². The van der Waals surface area contributed by atoms with E-state index in [0.717, 1.165) is 30.6 Å². The van der Waals surface area contributed by atoms with Crippen LogP contribution in [0.5, 0.6) is 0 Å². The van der Waals surface area contributed by atoms with Crippen molar-refractivity contribution in [3.8, 4) is 0 Å². The Morgan fingerprint density at radius 2 is 2.50 bits per heavy atom. The highest BCUT2D eigenvalue weighted by atomic mass is 32.2. The van der Waals surface area contributed by atoms with Crippen molar-refractivity contribution in [1.82, 2.24) is 10.0 Å². The Hall–Kier alpha value is -0.480. The summed E-state index contributed by atoms with van der Waals surface area (Å²) in [6.45, 7) is 2.75. The first kappa shape index (κ1) is 7.63. The highest BCUT2D eigenvalue weighted by Gasteiger charge is 2.03. The molecule has 0 radical (unpaired) electrons. The summed E-state index contributed by atoms with van der Waals surface area (Å²) in [4.78, 5) is 10.8. The zero-order chi connectivity index (χ0) is 7.40. The summed E-state index contributed by atoms with van der Waals surface area (Å²) < 4.78 is 2.92. The van der Waals surface area contributed by atoms with Gasteiger partial charge in [0.2, 0.25) is 0 Å². The molecule has 0 aromatic heterocycles. The minimum atomic E-state index is -0.0338. The van der Waals surface area contributed by atoms with Crippen LogP contribution in [0.25, 0.3) is 0 Å². The Morgan fingerprint density at radius 3 is 3.30 bits per heavy atom. The second kappa shape index (κ2) is 3.63. The van der Waals surface area contributed by atoms with Gasteiger partial charge in [0.1, 0.15) is 0 Å². The Balaban J connectivity index is 2.51. The van der Waals surface area contributed by atoms with Gasteiger partial charge < -0.3 is 5.32 Å². The van der Waals surface area contributed by atoms with Crippen LogP contribution >= 0.6 is 11.9 Å². The fourth-order valence-corrected chi connectivity index (χ4v) is 1.26. The van der Waals surface area contributed by atoms with Crippen LogP contribution < -0.4 is 10.0 Å². The van der Waals surface area contributed by atoms with E-state index in [1.54, 1.807) is 0 Å². The maximum Gasteiger partial charge on any atom is 0.298 e. The SMILES string of the molecule is CC1=CCCNSC(=O)N1. The van der Waals surface area contributed by atoms with Crippen LogP contribution in [0, 0.1) is 0 Å². The molecule has 0 fully saturated rings. The van der Waals surface area contributed by atoms with Crippen LogP contribution in [0.1, 0.15) is 13.3 Å². The van der Waals surface area contributed by atoms with Crippen LogP contribution in [0.3, 0.4) is 0 Å². The van der Waals surface area contributed by atoms with Crippen molar-refractivity contribution in [1.29, 1.82) is 0 Å². The molecule has 0 spiro atoms. The molecule has 2 N–H and O–H groups in total. The highest BCUT2D eigenvalue weighted by molar-refractivity contribution is 8.11. The third-order valence-electron chi connectivity index (χ3n) is 1.16. The van der Waals surface area contributed by atoms with Gasteiger partial charge in [-0.15, -0.1) is 0 Å². The van der Waals surface area contributed by atoms with Gasteiger partial charge in [-0.1, -0.05) is 6.08 Å². The lowest BCUT2D eigenvalue weighted by molar-refractivity contribution is 0.262. The fourth-order valence-electron chi connectivity index (χ4n) is 0.702. The van der Waals surface area contributed by atoms with Gasteiger partial charge in [-0.3, -0.25) is 9.52 Å². The normalized spacial score (nSPS) is 20.5.